The lowest BCUT2D eigenvalue weighted by atomic mass is 9.97. The first kappa shape index (κ1) is 50.2. The van der Waals surface area contributed by atoms with Crippen LogP contribution in [-0.4, -0.2) is 128 Å². The van der Waals surface area contributed by atoms with Crippen molar-refractivity contribution in [3.8, 4) is 0 Å². The van der Waals surface area contributed by atoms with E-state index in [1.165, 1.54) is 17.4 Å². The number of allylic oxidation sites excluding steroid dienone is 4. The van der Waals surface area contributed by atoms with Crippen molar-refractivity contribution in [2.24, 2.45) is 0 Å². The number of esters is 1. The Labute approximate surface area is 365 Å². The van der Waals surface area contributed by atoms with Gasteiger partial charge in [0.25, 0.3) is 0 Å². The predicted octanol–water partition coefficient (Wildman–Crippen LogP) is 4.20. The molecular formula is C41H63BrN6O9S2. The van der Waals surface area contributed by atoms with Gasteiger partial charge in [0.05, 0.1) is 68.3 Å². The summed E-state index contributed by atoms with van der Waals surface area (Å²) in [6.07, 6.45) is 10.9. The van der Waals surface area contributed by atoms with Gasteiger partial charge in [0, 0.05) is 60.7 Å². The number of nitrogens with zero attached hydrogens (tertiary/aromatic N) is 1. The third-order valence-electron chi connectivity index (χ3n) is 9.58. The standard InChI is InChI=1S/C41H63BrN6O9S2/c1-27(9-7-8-14-49)19-30(4)57-39(53)22-31(20-28(2)33-25-59-38(46-33)23-32(50)21-29(3)42)45-24-37(52)44-13-16-56-18-17-55-15-12-43-36(51)11-6-5-10-35-40-34(26-58-35)47-41(54)48-40/h7-9,14,21,25,28,30-32,34-35,40,45,50H,5-6,10-13,15-20,22-24,26H2,1-4H3,(H,43,51)(H,44,52)(H2,47,48,54)/b8-7-,27-9+,29-21+/t28?,30?,31-,32-,34?,35+,40?/m1/s1. The zero-order valence-electron chi connectivity index (χ0n) is 34.7. The van der Waals surface area contributed by atoms with Crippen LogP contribution in [0.2, 0.25) is 0 Å². The lowest BCUT2D eigenvalue weighted by Crippen LogP contribution is -2.42. The van der Waals surface area contributed by atoms with Crippen molar-refractivity contribution in [3.05, 3.63) is 50.4 Å². The number of aliphatic hydroxyl groups is 1. The number of nitrogens with one attached hydrogen (secondary N) is 5. The zero-order chi connectivity index (χ0) is 43.0. The van der Waals surface area contributed by atoms with E-state index < -0.39 is 6.10 Å². The van der Waals surface area contributed by atoms with E-state index in [-0.39, 0.29) is 66.9 Å². The van der Waals surface area contributed by atoms with Gasteiger partial charge in [-0.3, -0.25) is 19.2 Å². The number of carbonyl (C=O) groups excluding carboxylic acids is 5. The minimum atomic E-state index is -0.655. The van der Waals surface area contributed by atoms with Crippen molar-refractivity contribution in [1.82, 2.24) is 31.6 Å². The highest BCUT2D eigenvalue weighted by Crippen LogP contribution is 2.33. The van der Waals surface area contributed by atoms with E-state index in [1.54, 1.807) is 18.2 Å². The molecule has 0 spiro atoms. The number of unbranched alkanes of at least 4 members (excludes halogenated alkanes) is 1. The quantitative estimate of drug-likeness (QED) is 0.0161. The van der Waals surface area contributed by atoms with Gasteiger partial charge in [0.2, 0.25) is 11.8 Å². The molecule has 2 fully saturated rings. The Morgan fingerprint density at radius 2 is 1.76 bits per heavy atom. The smallest absolute Gasteiger partial charge is 0.315 e. The summed E-state index contributed by atoms with van der Waals surface area (Å²) in [5.41, 5.74) is 1.81. The molecule has 330 valence electrons. The van der Waals surface area contributed by atoms with Crippen LogP contribution < -0.4 is 26.6 Å². The number of thioether (sulfide) groups is 1. The number of hydrogen-bond acceptors (Lipinski definition) is 13. The van der Waals surface area contributed by atoms with Crippen molar-refractivity contribution in [2.45, 2.75) is 121 Å². The molecule has 1 aromatic heterocycles. The summed E-state index contributed by atoms with van der Waals surface area (Å²) in [6, 6.07) is -0.0472. The number of amides is 4. The molecule has 0 bridgehead atoms. The van der Waals surface area contributed by atoms with Crippen molar-refractivity contribution < 1.29 is 43.3 Å². The first-order chi connectivity index (χ1) is 28.3. The maximum Gasteiger partial charge on any atom is 0.315 e. The maximum absolute atomic E-state index is 13.0. The van der Waals surface area contributed by atoms with Crippen LogP contribution in [0.5, 0.6) is 0 Å². The van der Waals surface area contributed by atoms with Gasteiger partial charge in [-0.2, -0.15) is 11.8 Å². The number of halogens is 1. The van der Waals surface area contributed by atoms with E-state index >= 15 is 0 Å². The first-order valence-corrected chi connectivity index (χ1v) is 23.1. The van der Waals surface area contributed by atoms with Crippen LogP contribution in [0, 0.1) is 0 Å². The minimum Gasteiger partial charge on any atom is -0.462 e. The molecule has 0 aromatic carbocycles. The molecule has 4 unspecified atom stereocenters. The fourth-order valence-corrected chi connectivity index (χ4v) is 9.56. The van der Waals surface area contributed by atoms with Gasteiger partial charge in [-0.1, -0.05) is 47.0 Å². The topological polar surface area (TPSA) is 206 Å². The van der Waals surface area contributed by atoms with Crippen molar-refractivity contribution in [2.75, 3.05) is 51.8 Å². The predicted molar refractivity (Wildman–Crippen MR) is 235 cm³/mol. The van der Waals surface area contributed by atoms with Crippen LogP contribution in [0.4, 0.5) is 4.79 Å². The summed E-state index contributed by atoms with van der Waals surface area (Å²) in [6.45, 7) is 9.66. The summed E-state index contributed by atoms with van der Waals surface area (Å²) >= 11 is 6.70. The first-order valence-electron chi connectivity index (χ1n) is 20.4. The molecule has 2 aliphatic heterocycles. The Hall–Kier alpha value is -3.13. The van der Waals surface area contributed by atoms with E-state index in [1.807, 2.05) is 44.8 Å². The molecule has 3 rings (SSSR count). The van der Waals surface area contributed by atoms with E-state index in [9.17, 15) is 29.1 Å². The van der Waals surface area contributed by atoms with Crippen LogP contribution in [0.25, 0.3) is 0 Å². The monoisotopic (exact) mass is 926 g/mol. The van der Waals surface area contributed by atoms with E-state index in [0.717, 1.165) is 45.8 Å². The molecule has 0 saturated carbocycles. The molecule has 1 aromatic rings. The van der Waals surface area contributed by atoms with Crippen LogP contribution in [0.3, 0.4) is 0 Å². The Morgan fingerprint density at radius 3 is 2.47 bits per heavy atom. The molecule has 59 heavy (non-hydrogen) atoms. The number of aldehydes is 1. The SMILES string of the molecule is C/C(Br)=C\[C@@H](O)Cc1nc(C(C)C[C@H](CC(=O)OC(C)C/C(C)=C/C=C\C=O)NCC(=O)NCCOCCOCCNC(=O)CCCC[C@@H]2SCC3NC(=O)NC32)cs1. The molecule has 6 N–H and O–H groups in total. The molecule has 0 radical (unpaired) electrons. The van der Waals surface area contributed by atoms with Gasteiger partial charge in [0.15, 0.2) is 0 Å². The molecule has 0 aliphatic carbocycles. The molecule has 3 heterocycles. The number of aromatic nitrogens is 1. The molecule has 4 amide bonds. The number of thiazole rings is 1. The molecule has 15 nitrogen and oxygen atoms in total. The fourth-order valence-electron chi connectivity index (χ4n) is 6.75. The second kappa shape index (κ2) is 28.4. The highest BCUT2D eigenvalue weighted by molar-refractivity contribution is 9.11. The summed E-state index contributed by atoms with van der Waals surface area (Å²) in [4.78, 5) is 64.8. The minimum absolute atomic E-state index is 0.00167. The van der Waals surface area contributed by atoms with Gasteiger partial charge in [-0.05, 0) is 56.7 Å². The van der Waals surface area contributed by atoms with Crippen LogP contribution in [0.1, 0.15) is 89.3 Å². The lowest BCUT2D eigenvalue weighted by molar-refractivity contribution is -0.149. The van der Waals surface area contributed by atoms with Gasteiger partial charge in [0.1, 0.15) is 12.4 Å². The Kier molecular flexibility index (Phi) is 24.2. The summed E-state index contributed by atoms with van der Waals surface area (Å²) < 4.78 is 17.7. The molecule has 2 saturated heterocycles. The van der Waals surface area contributed by atoms with Gasteiger partial charge < -0.3 is 45.9 Å². The number of ether oxygens (including phenoxy) is 3. The number of aliphatic hydroxyl groups excluding tert-OH is 1. The van der Waals surface area contributed by atoms with E-state index in [2.05, 4.69) is 42.5 Å². The fraction of sp³-hybridized carbons (Fsp3) is 0.659. The van der Waals surface area contributed by atoms with E-state index in [4.69, 9.17) is 19.2 Å². The highest BCUT2D eigenvalue weighted by Gasteiger charge is 2.42. The second-order valence-corrected chi connectivity index (χ2v) is 18.4. The third kappa shape index (κ3) is 21.3. The highest BCUT2D eigenvalue weighted by atomic mass is 79.9. The third-order valence-corrected chi connectivity index (χ3v) is 12.2. The maximum atomic E-state index is 13.0. The van der Waals surface area contributed by atoms with Gasteiger partial charge in [-0.15, -0.1) is 11.3 Å². The summed E-state index contributed by atoms with van der Waals surface area (Å²) in [5.74, 6) is 0.260. The summed E-state index contributed by atoms with van der Waals surface area (Å²) in [5, 5.41) is 28.4. The van der Waals surface area contributed by atoms with Crippen molar-refractivity contribution in [1.29, 1.82) is 0 Å². The molecular weight excluding hydrogens is 865 g/mol. The Morgan fingerprint density at radius 1 is 1.03 bits per heavy atom. The van der Waals surface area contributed by atoms with E-state index in [0.29, 0.717) is 76.7 Å². The molecule has 2 aliphatic rings. The second-order valence-electron chi connectivity index (χ2n) is 14.9. The largest absolute Gasteiger partial charge is 0.462 e. The normalized spacial score (nSPS) is 20.0. The number of hydrogen-bond donors (Lipinski definition) is 6. The number of carbonyl (C=O) groups is 5. The van der Waals surface area contributed by atoms with Crippen LogP contribution in [0.15, 0.2) is 39.7 Å². The number of urea groups is 1. The average Bonchev–Trinajstić information content (AvgIpc) is 3.89. The average molecular weight is 928 g/mol. The number of rotatable bonds is 30. The van der Waals surface area contributed by atoms with Crippen molar-refractivity contribution in [3.63, 3.8) is 0 Å². The lowest BCUT2D eigenvalue weighted by Gasteiger charge is -2.22. The Balaban J connectivity index is 1.30. The van der Waals surface area contributed by atoms with Gasteiger partial charge >= 0.3 is 12.0 Å². The number of fused-ring (bicyclic) bond motifs is 1. The van der Waals surface area contributed by atoms with Gasteiger partial charge in [-0.25, -0.2) is 9.78 Å². The zero-order valence-corrected chi connectivity index (χ0v) is 37.9. The van der Waals surface area contributed by atoms with Crippen LogP contribution >= 0.6 is 39.0 Å². The van der Waals surface area contributed by atoms with Crippen molar-refractivity contribution >= 4 is 69.1 Å². The summed E-state index contributed by atoms with van der Waals surface area (Å²) in [7, 11) is 0. The molecule has 18 heteroatoms. The molecule has 7 atom stereocenters. The Bertz CT molecular complexity index is 1570. The van der Waals surface area contributed by atoms with Crippen LogP contribution in [-0.2, 0) is 39.8 Å².